The predicted molar refractivity (Wildman–Crippen MR) is 112 cm³/mol. The highest BCUT2D eigenvalue weighted by molar-refractivity contribution is 6.42. The van der Waals surface area contributed by atoms with Crippen molar-refractivity contribution in [1.82, 2.24) is 14.7 Å². The van der Waals surface area contributed by atoms with Gasteiger partial charge in [0.05, 0.1) is 27.8 Å². The van der Waals surface area contributed by atoms with Gasteiger partial charge in [-0.15, -0.1) is 12.4 Å². The molecule has 0 saturated carbocycles. The molecule has 1 aromatic heterocycles. The molecule has 2 aromatic rings. The lowest BCUT2D eigenvalue weighted by Crippen LogP contribution is -2.35. The molecule has 1 fully saturated rings. The number of carbonyl (C=O) groups excluding carboxylic acids is 1. The maximum atomic E-state index is 12.8. The van der Waals surface area contributed by atoms with Crippen LogP contribution in [0.2, 0.25) is 10.0 Å². The second-order valence-corrected chi connectivity index (χ2v) is 8.23. The number of hydrogen-bond acceptors (Lipinski definition) is 3. The van der Waals surface area contributed by atoms with Crippen molar-refractivity contribution in [3.05, 3.63) is 45.2 Å². The molecule has 1 aromatic carbocycles. The van der Waals surface area contributed by atoms with Gasteiger partial charge in [0.1, 0.15) is 0 Å². The van der Waals surface area contributed by atoms with Crippen molar-refractivity contribution in [3.63, 3.8) is 0 Å². The minimum absolute atomic E-state index is 0. The van der Waals surface area contributed by atoms with E-state index in [0.29, 0.717) is 23.0 Å². The van der Waals surface area contributed by atoms with E-state index >= 15 is 0 Å². The zero-order valence-corrected chi connectivity index (χ0v) is 18.1. The molecular formula is C19H25Cl3N4O. The lowest BCUT2D eigenvalue weighted by atomic mass is 9.90. The van der Waals surface area contributed by atoms with Crippen LogP contribution in [0.1, 0.15) is 30.3 Å². The van der Waals surface area contributed by atoms with E-state index in [1.54, 1.807) is 12.1 Å². The Balaban J connectivity index is 0.00000261. The van der Waals surface area contributed by atoms with Gasteiger partial charge in [-0.2, -0.15) is 5.10 Å². The maximum Gasteiger partial charge on any atom is 0.227 e. The van der Waals surface area contributed by atoms with E-state index in [0.717, 1.165) is 42.1 Å². The fourth-order valence-electron chi connectivity index (χ4n) is 3.47. The molecule has 1 aliphatic rings. The molecule has 1 atom stereocenters. The van der Waals surface area contributed by atoms with Gasteiger partial charge in [-0.1, -0.05) is 30.1 Å². The third-order valence-corrected chi connectivity index (χ3v) is 6.06. The number of amides is 1. The first-order valence-electron chi connectivity index (χ1n) is 8.72. The normalized spacial score (nSPS) is 19.3. The van der Waals surface area contributed by atoms with Crippen molar-refractivity contribution in [2.75, 3.05) is 19.6 Å². The largest absolute Gasteiger partial charge is 0.342 e. The van der Waals surface area contributed by atoms with Gasteiger partial charge in [-0.05, 0) is 50.4 Å². The quantitative estimate of drug-likeness (QED) is 0.797. The monoisotopic (exact) mass is 430 g/mol. The molecule has 2 heterocycles. The van der Waals surface area contributed by atoms with Crippen molar-refractivity contribution >= 4 is 41.5 Å². The van der Waals surface area contributed by atoms with Crippen LogP contribution in [-0.4, -0.2) is 40.2 Å². The van der Waals surface area contributed by atoms with Gasteiger partial charge in [0.15, 0.2) is 0 Å². The van der Waals surface area contributed by atoms with Gasteiger partial charge in [0.25, 0.3) is 0 Å². The molecule has 0 bridgehead atoms. The van der Waals surface area contributed by atoms with Crippen LogP contribution in [0, 0.1) is 19.3 Å². The first kappa shape index (κ1) is 22.0. The van der Waals surface area contributed by atoms with Crippen molar-refractivity contribution < 1.29 is 4.79 Å². The van der Waals surface area contributed by atoms with E-state index in [1.165, 1.54) is 0 Å². The number of nitrogens with two attached hydrogens (primary N) is 1. The van der Waals surface area contributed by atoms with Crippen LogP contribution in [-0.2, 0) is 11.2 Å². The number of benzene rings is 1. The van der Waals surface area contributed by atoms with Crippen LogP contribution >= 0.6 is 35.6 Å². The number of hydrogen-bond donors (Lipinski definition) is 1. The third kappa shape index (κ3) is 4.43. The predicted octanol–water partition coefficient (Wildman–Crippen LogP) is 3.96. The zero-order chi connectivity index (χ0) is 19.1. The number of nitrogens with zero attached hydrogens (tertiary/aromatic N) is 3. The lowest BCUT2D eigenvalue weighted by Gasteiger charge is -2.22. The molecule has 5 nitrogen and oxygen atoms in total. The van der Waals surface area contributed by atoms with Crippen LogP contribution in [0.4, 0.5) is 0 Å². The Morgan fingerprint density at radius 1 is 1.30 bits per heavy atom. The summed E-state index contributed by atoms with van der Waals surface area (Å²) in [4.78, 5) is 14.7. The number of likely N-dealkylation sites (tertiary alicyclic amines) is 1. The Morgan fingerprint density at radius 2 is 2.00 bits per heavy atom. The summed E-state index contributed by atoms with van der Waals surface area (Å²) in [7, 11) is 0. The standard InChI is InChI=1S/C19H24Cl2N4O.ClH/c1-12-15(9-18(26)24-7-6-19(3,10-22)11-24)13(2)25(23-12)14-4-5-16(20)17(21)8-14;/h4-5,8H,6-7,9-11,22H2,1-3H3;1H. The fourth-order valence-corrected chi connectivity index (χ4v) is 3.76. The highest BCUT2D eigenvalue weighted by atomic mass is 35.5. The molecular weight excluding hydrogens is 407 g/mol. The number of carbonyl (C=O) groups is 1. The average molecular weight is 432 g/mol. The van der Waals surface area contributed by atoms with Crippen LogP contribution < -0.4 is 5.73 Å². The molecule has 0 aliphatic carbocycles. The number of aromatic nitrogens is 2. The second kappa shape index (κ2) is 8.39. The summed E-state index contributed by atoms with van der Waals surface area (Å²) in [6.45, 7) is 8.13. The number of rotatable bonds is 4. The smallest absolute Gasteiger partial charge is 0.227 e. The Bertz CT molecular complexity index is 852. The first-order chi connectivity index (χ1) is 12.2. The van der Waals surface area contributed by atoms with E-state index in [4.69, 9.17) is 28.9 Å². The van der Waals surface area contributed by atoms with Crippen molar-refractivity contribution in [2.24, 2.45) is 11.1 Å². The Hall–Kier alpha value is -1.27. The highest BCUT2D eigenvalue weighted by Gasteiger charge is 2.35. The summed E-state index contributed by atoms with van der Waals surface area (Å²) in [6, 6.07) is 5.40. The van der Waals surface area contributed by atoms with E-state index in [-0.39, 0.29) is 23.7 Å². The summed E-state index contributed by atoms with van der Waals surface area (Å²) < 4.78 is 1.81. The molecule has 1 aliphatic heterocycles. The van der Waals surface area contributed by atoms with E-state index in [1.807, 2.05) is 29.5 Å². The lowest BCUT2D eigenvalue weighted by molar-refractivity contribution is -0.129. The topological polar surface area (TPSA) is 64.2 Å². The van der Waals surface area contributed by atoms with Crippen LogP contribution in [0.15, 0.2) is 18.2 Å². The summed E-state index contributed by atoms with van der Waals surface area (Å²) in [5, 5.41) is 5.58. The summed E-state index contributed by atoms with van der Waals surface area (Å²) in [5.74, 6) is 0.127. The molecule has 3 rings (SSSR count). The molecule has 1 unspecified atom stereocenters. The molecule has 2 N–H and O–H groups in total. The first-order valence-corrected chi connectivity index (χ1v) is 9.48. The van der Waals surface area contributed by atoms with Crippen LogP contribution in [0.5, 0.6) is 0 Å². The molecule has 148 valence electrons. The maximum absolute atomic E-state index is 12.8. The molecule has 0 spiro atoms. The zero-order valence-electron chi connectivity index (χ0n) is 15.8. The van der Waals surface area contributed by atoms with E-state index < -0.39 is 0 Å². The molecule has 8 heteroatoms. The second-order valence-electron chi connectivity index (χ2n) is 7.42. The van der Waals surface area contributed by atoms with E-state index in [9.17, 15) is 4.79 Å². The van der Waals surface area contributed by atoms with Gasteiger partial charge in [-0.3, -0.25) is 4.79 Å². The summed E-state index contributed by atoms with van der Waals surface area (Å²) in [6.07, 6.45) is 1.30. The van der Waals surface area contributed by atoms with E-state index in [2.05, 4.69) is 12.0 Å². The van der Waals surface area contributed by atoms with Gasteiger partial charge in [0.2, 0.25) is 5.91 Å². The highest BCUT2D eigenvalue weighted by Crippen LogP contribution is 2.30. The molecule has 1 amide bonds. The van der Waals surface area contributed by atoms with Crippen LogP contribution in [0.3, 0.4) is 0 Å². The Labute approximate surface area is 176 Å². The minimum atomic E-state index is 0. The number of aryl methyl sites for hydroxylation is 1. The number of halogens is 3. The van der Waals surface area contributed by atoms with Crippen molar-refractivity contribution in [3.8, 4) is 5.69 Å². The Kier molecular flexibility index (Phi) is 6.85. The minimum Gasteiger partial charge on any atom is -0.342 e. The van der Waals surface area contributed by atoms with Gasteiger partial charge < -0.3 is 10.6 Å². The summed E-state index contributed by atoms with van der Waals surface area (Å²) >= 11 is 12.1. The van der Waals surface area contributed by atoms with Crippen molar-refractivity contribution in [1.29, 1.82) is 0 Å². The van der Waals surface area contributed by atoms with Crippen LogP contribution in [0.25, 0.3) is 5.69 Å². The third-order valence-electron chi connectivity index (χ3n) is 5.32. The fraction of sp³-hybridized carbons (Fsp3) is 0.474. The van der Waals surface area contributed by atoms with Crippen molar-refractivity contribution in [2.45, 2.75) is 33.6 Å². The molecule has 0 radical (unpaired) electrons. The van der Waals surface area contributed by atoms with Gasteiger partial charge in [-0.25, -0.2) is 4.68 Å². The van der Waals surface area contributed by atoms with Gasteiger partial charge >= 0.3 is 0 Å². The SMILES string of the molecule is Cc1nn(-c2ccc(Cl)c(Cl)c2)c(C)c1CC(=O)N1CCC(C)(CN)C1.Cl. The van der Waals surface area contributed by atoms with Gasteiger partial charge in [0, 0.05) is 24.3 Å². The Morgan fingerprint density at radius 3 is 2.59 bits per heavy atom. The average Bonchev–Trinajstić information content (AvgIpc) is 3.13. The molecule has 27 heavy (non-hydrogen) atoms. The molecule has 1 saturated heterocycles. The summed E-state index contributed by atoms with van der Waals surface area (Å²) in [5.41, 5.74) is 9.46.